The van der Waals surface area contributed by atoms with E-state index in [0.29, 0.717) is 109 Å². The van der Waals surface area contributed by atoms with Gasteiger partial charge in [-0.05, 0) is 127 Å². The molecular formula is C83H88Cl6IN15O10. The molecule has 3 aliphatic rings. The van der Waals surface area contributed by atoms with Gasteiger partial charge < -0.3 is 93.3 Å². The number of H-pyrrole nitrogens is 3. The van der Waals surface area contributed by atoms with Gasteiger partial charge in [-0.25, -0.2) is 15.0 Å². The second kappa shape index (κ2) is 38.8. The summed E-state index contributed by atoms with van der Waals surface area (Å²) in [6, 6.07) is 45.6. The van der Waals surface area contributed by atoms with Crippen LogP contribution in [0.1, 0.15) is 18.6 Å². The van der Waals surface area contributed by atoms with Crippen LogP contribution in [0, 0.1) is 0 Å². The molecule has 3 aliphatic heterocycles. The molecule has 8 N–H and O–H groups in total. The number of benzene rings is 8. The number of aryl methyl sites for hydroxylation is 3. The highest BCUT2D eigenvalue weighted by molar-refractivity contribution is 14.0. The fourth-order valence-electron chi connectivity index (χ4n) is 14.0. The second-order valence-electron chi connectivity index (χ2n) is 26.5. The van der Waals surface area contributed by atoms with Crippen molar-refractivity contribution < 1.29 is 33.2 Å². The van der Waals surface area contributed by atoms with E-state index in [-0.39, 0.29) is 53.4 Å². The van der Waals surface area contributed by atoms with E-state index in [1.807, 2.05) is 84.9 Å². The Hall–Kier alpha value is -9.69. The van der Waals surface area contributed by atoms with E-state index in [1.54, 1.807) is 106 Å². The lowest BCUT2D eigenvalue weighted by atomic mass is 10.1. The van der Waals surface area contributed by atoms with E-state index in [4.69, 9.17) is 119 Å². The van der Waals surface area contributed by atoms with Crippen LogP contribution in [0.15, 0.2) is 160 Å². The number of morpholine rings is 3. The number of aromatic amines is 3. The first-order valence-corrected chi connectivity index (χ1v) is 38.7. The Morgan fingerprint density at radius 2 is 0.809 bits per heavy atom. The first-order chi connectivity index (χ1) is 54.7. The molecule has 9 heterocycles. The smallest absolute Gasteiger partial charge is 0.263 e. The number of alkyl halides is 2. The number of rotatable bonds is 14. The average molecular weight is 1800 g/mol. The maximum atomic E-state index is 13.9. The number of hydrogen-bond acceptors (Lipinski definition) is 19. The molecule has 0 aliphatic carbocycles. The SMILES string of the molecule is C.COc1ccc(CN)c(OC)c1.COc1ccc(CNc2c(-c3nc4ccc(N5CCOCC5)cc4[nH]3)c(=O)n(C)c3ccc(Cl)cc23)c(OC)c1.ClCCl.Cn1c(=O)c(-c2nc3ccc(N4CCOCC4)cc3[nH]2)c(Cl)c2cc(Cl)ccc21.Cn1c(=O)c(-c2nc3ccc(N4CCOCC4)cc3[nH]2)c(N)c2cc(Cl)ccc21.I. The zero-order chi connectivity index (χ0) is 79.7. The number of methoxy groups -OCH3 is 4. The zero-order valence-electron chi connectivity index (χ0n) is 63.4. The normalized spacial score (nSPS) is 13.4. The summed E-state index contributed by atoms with van der Waals surface area (Å²) in [6.07, 6.45) is 0. The number of fused-ring (bicyclic) bond motifs is 6. The lowest BCUT2D eigenvalue weighted by Crippen LogP contribution is -2.36. The van der Waals surface area contributed by atoms with E-state index in [1.165, 1.54) is 0 Å². The summed E-state index contributed by atoms with van der Waals surface area (Å²) in [5.74, 6) is 4.33. The molecule has 0 saturated carbocycles. The zero-order valence-corrected chi connectivity index (χ0v) is 70.3. The number of hydrogen-bond donors (Lipinski definition) is 6. The number of nitrogens with zero attached hydrogens (tertiary/aromatic N) is 9. The van der Waals surface area contributed by atoms with Crippen LogP contribution in [-0.2, 0) is 48.4 Å². The summed E-state index contributed by atoms with van der Waals surface area (Å²) in [6.45, 7) is 10.2. The Labute approximate surface area is 710 Å². The third kappa shape index (κ3) is 18.8. The van der Waals surface area contributed by atoms with Crippen molar-refractivity contribution in [2.45, 2.75) is 20.5 Å². The van der Waals surface area contributed by atoms with Gasteiger partial charge in [-0.3, -0.25) is 14.4 Å². The molecule has 3 saturated heterocycles. The van der Waals surface area contributed by atoms with Gasteiger partial charge in [0, 0.05) is 145 Å². The fraction of sp³-hybridized carbons (Fsp3) is 0.277. The van der Waals surface area contributed by atoms with Crippen molar-refractivity contribution in [2.24, 2.45) is 26.9 Å². The molecule has 0 radical (unpaired) electrons. The molecule has 8 aromatic carbocycles. The van der Waals surface area contributed by atoms with E-state index in [2.05, 4.69) is 63.1 Å². The van der Waals surface area contributed by atoms with Crippen LogP contribution < -0.4 is 67.1 Å². The lowest BCUT2D eigenvalue weighted by Gasteiger charge is -2.28. The Morgan fingerprint density at radius 3 is 1.23 bits per heavy atom. The lowest BCUT2D eigenvalue weighted by molar-refractivity contribution is 0.122. The van der Waals surface area contributed by atoms with Gasteiger partial charge in [0.25, 0.3) is 16.7 Å². The number of halogens is 7. The van der Waals surface area contributed by atoms with Crippen LogP contribution in [0.5, 0.6) is 23.0 Å². The number of anilines is 5. The highest BCUT2D eigenvalue weighted by Crippen LogP contribution is 2.39. The largest absolute Gasteiger partial charge is 0.497 e. The van der Waals surface area contributed by atoms with Crippen molar-refractivity contribution in [1.82, 2.24) is 43.6 Å². The van der Waals surface area contributed by atoms with Crippen LogP contribution in [0.3, 0.4) is 0 Å². The Balaban J connectivity index is 0.000000156. The predicted octanol–water partition coefficient (Wildman–Crippen LogP) is 16.4. The quantitative estimate of drug-likeness (QED) is 0.0435. The summed E-state index contributed by atoms with van der Waals surface area (Å²) in [4.78, 5) is 70.9. The van der Waals surface area contributed by atoms with Crippen molar-refractivity contribution >= 4 is 188 Å². The highest BCUT2D eigenvalue weighted by Gasteiger charge is 2.26. The monoisotopic (exact) mass is 1790 g/mol. The van der Waals surface area contributed by atoms with Gasteiger partial charge >= 0.3 is 0 Å². The third-order valence-corrected chi connectivity index (χ3v) is 21.0. The van der Waals surface area contributed by atoms with Gasteiger partial charge in [0.05, 0.1) is 139 Å². The summed E-state index contributed by atoms with van der Waals surface area (Å²) >= 11 is 34.9. The van der Waals surface area contributed by atoms with Gasteiger partial charge in [0.1, 0.15) is 57.2 Å². The minimum absolute atomic E-state index is 0. The van der Waals surface area contributed by atoms with Crippen molar-refractivity contribution in [1.29, 1.82) is 0 Å². The summed E-state index contributed by atoms with van der Waals surface area (Å²) in [5, 5.41) is 8.00. The molecule has 0 spiro atoms. The number of nitrogens with two attached hydrogens (primary N) is 2. The molecule has 6 aromatic heterocycles. The second-order valence-corrected chi connectivity index (χ2v) is 29.0. The Bertz CT molecular complexity index is 5820. The molecule has 17 rings (SSSR count). The predicted molar refractivity (Wildman–Crippen MR) is 479 cm³/mol. The van der Waals surface area contributed by atoms with E-state index in [0.717, 1.165) is 166 Å². The number of nitrogens with one attached hydrogen (secondary N) is 4. The molecule has 604 valence electrons. The van der Waals surface area contributed by atoms with E-state index >= 15 is 0 Å². The van der Waals surface area contributed by atoms with Crippen molar-refractivity contribution in [3.8, 4) is 57.2 Å². The summed E-state index contributed by atoms with van der Waals surface area (Å²) < 4.78 is 42.2. The topological polar surface area (TPSA) is 290 Å². The number of pyridine rings is 3. The molecule has 115 heavy (non-hydrogen) atoms. The third-order valence-electron chi connectivity index (χ3n) is 19.9. The van der Waals surface area contributed by atoms with Crippen LogP contribution >= 0.6 is 93.6 Å². The van der Waals surface area contributed by atoms with Crippen LogP contribution in [-0.4, -0.2) is 156 Å². The first kappa shape index (κ1) is 86.2. The number of aromatic nitrogens is 9. The van der Waals surface area contributed by atoms with Crippen LogP contribution in [0.25, 0.3) is 100.0 Å². The molecule has 3 fully saturated rings. The molecule has 25 nitrogen and oxygen atoms in total. The number of imidazole rings is 3. The Kier molecular flexibility index (Phi) is 29.1. The Morgan fingerprint density at radius 1 is 0.452 bits per heavy atom. The average Bonchev–Trinajstić information content (AvgIpc) is 1.60. The van der Waals surface area contributed by atoms with Crippen molar-refractivity contribution in [3.05, 3.63) is 208 Å². The molecular weight excluding hydrogens is 1710 g/mol. The molecule has 32 heteroatoms. The minimum atomic E-state index is -0.211. The van der Waals surface area contributed by atoms with E-state index < -0.39 is 0 Å². The summed E-state index contributed by atoms with van der Waals surface area (Å²) in [5.41, 5.74) is 25.8. The number of ether oxygens (including phenoxy) is 7. The molecule has 0 unspecified atom stereocenters. The van der Waals surface area contributed by atoms with Crippen molar-refractivity contribution in [2.75, 3.05) is 138 Å². The van der Waals surface area contributed by atoms with Crippen LogP contribution in [0.2, 0.25) is 20.1 Å². The maximum Gasteiger partial charge on any atom is 0.263 e. The molecule has 0 amide bonds. The van der Waals surface area contributed by atoms with Gasteiger partial charge in [-0.2, -0.15) is 0 Å². The van der Waals surface area contributed by atoms with E-state index in [9.17, 15) is 14.4 Å². The first-order valence-electron chi connectivity index (χ1n) is 36.1. The standard InChI is InChI=1S/C30H30ClN5O4.C21H18Cl2N4O2.C21H20ClN5O2.C9H13NO2.CH2Cl2.CH4.HI/c1-35-25-9-5-19(31)14-22(25)28(32-17-18-4-7-21(38-2)16-26(18)39-3)27(30(35)37)29-33-23-8-6-20(15-24(23)34-29)36-10-12-40-13-11-36;2*1-26-17-5-2-12(22)10-14(17)19(23)18(21(26)28)20-24-15-4-3-13(11-16(15)25-20)27-6-8-29-9-7-27;1-11-8-4-3-7(6-10)9(5-8)12-2;2-1-3;;/h4-9,14-16,32H,10-13,17H2,1-3H3,(H,33,34);2-5,10-11H,6-9H2,1H3,(H,24,25);2-5,10-11H,6-9,23H2,1H3,(H,24,25);3-5H,6,10H2,1-2H3;1H2;1H4;1H. The van der Waals surface area contributed by atoms with Gasteiger partial charge in [0.2, 0.25) is 0 Å². The summed E-state index contributed by atoms with van der Waals surface area (Å²) in [7, 11) is 11.7. The highest BCUT2D eigenvalue weighted by atomic mass is 127. The fourth-order valence-corrected chi connectivity index (χ4v) is 14.8. The van der Waals surface area contributed by atoms with Crippen molar-refractivity contribution in [3.63, 3.8) is 0 Å². The maximum absolute atomic E-state index is 13.9. The van der Waals surface area contributed by atoms with Gasteiger partial charge in [0.15, 0.2) is 0 Å². The minimum Gasteiger partial charge on any atom is -0.497 e. The molecule has 0 atom stereocenters. The molecule has 14 aromatic rings. The van der Waals surface area contributed by atoms with Gasteiger partial charge in [-0.15, -0.1) is 47.2 Å². The van der Waals surface area contributed by atoms with Crippen LogP contribution in [0.4, 0.5) is 28.4 Å². The molecule has 0 bridgehead atoms. The number of nitrogen functional groups attached to an aromatic ring is 1. The van der Waals surface area contributed by atoms with Gasteiger partial charge in [-0.1, -0.05) is 59.9 Å².